The van der Waals surface area contributed by atoms with Gasteiger partial charge in [0.05, 0.1) is 31.5 Å². The Hall–Kier alpha value is -1.92. The summed E-state index contributed by atoms with van der Waals surface area (Å²) >= 11 is 0. The number of hydrogen-bond acceptors (Lipinski definition) is 3. The molecule has 4 rings (SSSR count). The van der Waals surface area contributed by atoms with E-state index in [0.717, 1.165) is 31.9 Å². The van der Waals surface area contributed by atoms with Crippen molar-refractivity contribution in [2.75, 3.05) is 22.7 Å². The minimum atomic E-state index is 0.0628. The van der Waals surface area contributed by atoms with Crippen molar-refractivity contribution in [1.82, 2.24) is 14.1 Å². The molecule has 134 valence electrons. The zero-order chi connectivity index (χ0) is 18.0. The predicted molar refractivity (Wildman–Crippen MR) is 102 cm³/mol. The van der Waals surface area contributed by atoms with Gasteiger partial charge in [-0.3, -0.25) is 4.81 Å². The number of imidazole rings is 2. The van der Waals surface area contributed by atoms with Gasteiger partial charge in [-0.15, -0.1) is 0 Å². The number of fused-ring (bicyclic) bond motifs is 3. The number of nitrogens with zero attached hydrogens (tertiary/aromatic N) is 6. The Kier molecular flexibility index (Phi) is 3.50. The first-order valence-electron chi connectivity index (χ1n) is 9.47. The summed E-state index contributed by atoms with van der Waals surface area (Å²) in [5.41, 5.74) is 0.0628. The Morgan fingerprint density at radius 3 is 2.48 bits per heavy atom. The van der Waals surface area contributed by atoms with Gasteiger partial charge in [-0.1, -0.05) is 20.8 Å². The van der Waals surface area contributed by atoms with E-state index in [-0.39, 0.29) is 10.9 Å². The van der Waals surface area contributed by atoms with Crippen LogP contribution in [-0.4, -0.2) is 34.2 Å². The topological polar surface area (TPSA) is 33.1 Å². The lowest BCUT2D eigenvalue weighted by molar-refractivity contribution is -0.657. The van der Waals surface area contributed by atoms with Crippen LogP contribution in [0, 0.1) is 0 Å². The minimum absolute atomic E-state index is 0.0628. The molecule has 25 heavy (non-hydrogen) atoms. The van der Waals surface area contributed by atoms with Crippen molar-refractivity contribution in [3.05, 3.63) is 24.8 Å². The molecule has 0 aromatic carbocycles. The highest BCUT2D eigenvalue weighted by Crippen LogP contribution is 2.58. The van der Waals surface area contributed by atoms with Crippen LogP contribution in [0.15, 0.2) is 24.8 Å². The van der Waals surface area contributed by atoms with E-state index in [1.807, 2.05) is 12.4 Å². The summed E-state index contributed by atoms with van der Waals surface area (Å²) in [6.07, 6.45) is 10.7. The summed E-state index contributed by atoms with van der Waals surface area (Å²) in [4.78, 5) is 9.79. The number of aryl methyl sites for hydroxylation is 2. The van der Waals surface area contributed by atoms with Crippen LogP contribution >= 0.6 is 0 Å². The van der Waals surface area contributed by atoms with E-state index < -0.39 is 0 Å². The van der Waals surface area contributed by atoms with E-state index in [9.17, 15) is 0 Å². The molecule has 0 spiro atoms. The van der Waals surface area contributed by atoms with Crippen molar-refractivity contribution in [3.63, 3.8) is 0 Å². The molecule has 2 aliphatic rings. The van der Waals surface area contributed by atoms with Crippen LogP contribution < -0.4 is 14.2 Å². The van der Waals surface area contributed by atoms with E-state index >= 15 is 0 Å². The molecule has 0 radical (unpaired) electrons. The fraction of sp³-hybridized carbons (Fsp3) is 0.667. The van der Waals surface area contributed by atoms with Gasteiger partial charge in [-0.2, -0.15) is 0 Å². The Balaban J connectivity index is 1.94. The van der Waals surface area contributed by atoms with Crippen LogP contribution in [-0.2, 0) is 19.6 Å². The second kappa shape index (κ2) is 5.29. The molecule has 2 aromatic heterocycles. The Labute approximate surface area is 151 Å². The lowest BCUT2D eigenvalue weighted by atomic mass is 9.40. The highest BCUT2D eigenvalue weighted by Gasteiger charge is 2.68. The van der Waals surface area contributed by atoms with Crippen LogP contribution in [0.2, 0.25) is 5.31 Å². The van der Waals surface area contributed by atoms with Crippen LogP contribution in [0.1, 0.15) is 40.5 Å². The third-order valence-electron chi connectivity index (χ3n) is 7.21. The lowest BCUT2D eigenvalue weighted by Crippen LogP contribution is -2.66. The van der Waals surface area contributed by atoms with Crippen LogP contribution in [0.5, 0.6) is 0 Å². The number of aromatic nitrogens is 4. The maximum atomic E-state index is 4.68. The summed E-state index contributed by atoms with van der Waals surface area (Å²) in [5.74, 6) is 2.39. The van der Waals surface area contributed by atoms with Crippen molar-refractivity contribution < 1.29 is 4.57 Å². The molecule has 0 amide bonds. The van der Waals surface area contributed by atoms with Crippen LogP contribution in [0.25, 0.3) is 0 Å². The van der Waals surface area contributed by atoms with Gasteiger partial charge < -0.3 is 9.38 Å². The molecule has 6 nitrogen and oxygen atoms in total. The highest BCUT2D eigenvalue weighted by atomic mass is 15.5. The summed E-state index contributed by atoms with van der Waals surface area (Å²) in [7, 11) is 4.26. The van der Waals surface area contributed by atoms with Crippen LogP contribution in [0.4, 0.5) is 11.9 Å². The maximum Gasteiger partial charge on any atom is 0.471 e. The lowest BCUT2D eigenvalue weighted by Gasteiger charge is -2.51. The molecule has 2 aromatic rings. The van der Waals surface area contributed by atoms with Crippen molar-refractivity contribution in [2.24, 2.45) is 14.1 Å². The number of rotatable bonds is 3. The van der Waals surface area contributed by atoms with Gasteiger partial charge in [0.1, 0.15) is 0 Å². The molecular formula is C18H30BN6+. The third-order valence-corrected chi connectivity index (χ3v) is 7.21. The van der Waals surface area contributed by atoms with Gasteiger partial charge in [0.2, 0.25) is 0 Å². The highest BCUT2D eigenvalue weighted by molar-refractivity contribution is 6.71. The van der Waals surface area contributed by atoms with Crippen molar-refractivity contribution in [3.8, 4) is 0 Å². The van der Waals surface area contributed by atoms with Gasteiger partial charge in [0.25, 0.3) is 0 Å². The molecule has 2 unspecified atom stereocenters. The molecule has 0 bridgehead atoms. The van der Waals surface area contributed by atoms with Gasteiger partial charge >= 0.3 is 12.9 Å². The molecule has 1 fully saturated rings. The zero-order valence-corrected chi connectivity index (χ0v) is 16.4. The van der Waals surface area contributed by atoms with Crippen molar-refractivity contribution in [1.29, 1.82) is 0 Å². The largest absolute Gasteiger partial charge is 0.471 e. The smallest absolute Gasteiger partial charge is 0.348 e. The molecule has 2 atom stereocenters. The van der Waals surface area contributed by atoms with E-state index in [1.165, 1.54) is 5.95 Å². The number of anilines is 2. The average molecular weight is 341 g/mol. The second-order valence-electron chi connectivity index (χ2n) is 8.08. The van der Waals surface area contributed by atoms with Crippen LogP contribution in [0.3, 0.4) is 0 Å². The molecule has 7 heteroatoms. The second-order valence-corrected chi connectivity index (χ2v) is 8.08. The van der Waals surface area contributed by atoms with E-state index in [0.29, 0.717) is 6.98 Å². The van der Waals surface area contributed by atoms with Gasteiger partial charge in [-0.05, 0) is 19.8 Å². The molecule has 1 saturated heterocycles. The first-order valence-corrected chi connectivity index (χ1v) is 9.47. The first kappa shape index (κ1) is 16.5. The van der Waals surface area contributed by atoms with Gasteiger partial charge in [0.15, 0.2) is 5.95 Å². The molecular weight excluding hydrogens is 311 g/mol. The molecule has 4 heterocycles. The summed E-state index contributed by atoms with van der Waals surface area (Å²) < 4.78 is 6.95. The van der Waals surface area contributed by atoms with E-state index in [4.69, 9.17) is 0 Å². The minimum Gasteiger partial charge on any atom is -0.348 e. The fourth-order valence-electron chi connectivity index (χ4n) is 5.26. The predicted octanol–water partition coefficient (Wildman–Crippen LogP) is 2.17. The molecule has 0 aliphatic carbocycles. The third kappa shape index (κ3) is 1.87. The van der Waals surface area contributed by atoms with E-state index in [1.54, 1.807) is 0 Å². The molecule has 0 saturated carbocycles. The fourth-order valence-corrected chi connectivity index (χ4v) is 5.26. The number of hydrogen-bond donors (Lipinski definition) is 0. The maximum absolute atomic E-state index is 4.68. The standard InChI is InChI=1S/C18H30BN6/c1-7-17(3)18(4,8-2)23-12-11-22(6)16(23)25-14-13-24(19(17)25)15-20-9-10-21(15)5/h9-12H,7-8,13-14H2,1-6H3/q+1. The first-order chi connectivity index (χ1) is 11.9. The van der Waals surface area contributed by atoms with Crippen molar-refractivity contribution >= 4 is 18.9 Å². The van der Waals surface area contributed by atoms with E-state index in [2.05, 4.69) is 82.5 Å². The monoisotopic (exact) mass is 341 g/mol. The Morgan fingerprint density at radius 2 is 1.88 bits per heavy atom. The zero-order valence-electron chi connectivity index (χ0n) is 16.4. The Morgan fingerprint density at radius 1 is 1.16 bits per heavy atom. The SMILES string of the molecule is CCC1(C)B2N(c3nccn3C)CCN2c2n(cc[n+]2C)C1(C)CC. The normalized spacial score (nSPS) is 28.5. The van der Waals surface area contributed by atoms with Crippen molar-refractivity contribution in [2.45, 2.75) is 51.4 Å². The molecule has 2 aliphatic heterocycles. The molecule has 0 N–H and O–H groups in total. The quantitative estimate of drug-likeness (QED) is 0.634. The summed E-state index contributed by atoms with van der Waals surface area (Å²) in [6.45, 7) is 11.9. The Bertz CT molecular complexity index is 797. The average Bonchev–Trinajstić information content (AvgIpc) is 3.30. The summed E-state index contributed by atoms with van der Waals surface area (Å²) in [5, 5.41) is 0.114. The van der Waals surface area contributed by atoms with Gasteiger partial charge in [0, 0.05) is 31.3 Å². The summed E-state index contributed by atoms with van der Waals surface area (Å²) in [6, 6.07) is 0. The van der Waals surface area contributed by atoms with Gasteiger partial charge in [-0.25, -0.2) is 14.1 Å².